The number of hydrogen-bond acceptors (Lipinski definition) is 8. The van der Waals surface area contributed by atoms with E-state index < -0.39 is 4.92 Å². The molecule has 0 aliphatic heterocycles. The van der Waals surface area contributed by atoms with Crippen LogP contribution in [0, 0.1) is 10.1 Å². The minimum atomic E-state index is -0.456. The third kappa shape index (κ3) is 4.97. The SMILES string of the molecule is COc1ccc2nc(N(/N=C/c3ccc([N+](=O)[O-])s3)C(=O)c3ccc(C(C)(C)C)cc3)sc2c1. The number of methoxy groups -OCH3 is 1. The summed E-state index contributed by atoms with van der Waals surface area (Å²) in [6.45, 7) is 6.32. The molecule has 0 N–H and O–H groups in total. The van der Waals surface area contributed by atoms with Crippen molar-refractivity contribution < 1.29 is 14.5 Å². The van der Waals surface area contributed by atoms with Crippen molar-refractivity contribution in [3.63, 3.8) is 0 Å². The molecule has 0 aliphatic rings. The number of carbonyl (C=O) groups is 1. The summed E-state index contributed by atoms with van der Waals surface area (Å²) in [5, 5.41) is 17.0. The number of amides is 1. The van der Waals surface area contributed by atoms with Gasteiger partial charge in [0.05, 0.1) is 33.3 Å². The molecule has 0 atom stereocenters. The number of carbonyl (C=O) groups excluding carboxylic acids is 1. The van der Waals surface area contributed by atoms with Gasteiger partial charge in [0, 0.05) is 11.6 Å². The molecular weight excluding hydrogens is 472 g/mol. The van der Waals surface area contributed by atoms with Crippen LogP contribution in [0.15, 0.2) is 59.7 Å². The molecule has 0 unspecified atom stereocenters. The zero-order valence-corrected chi connectivity index (χ0v) is 20.6. The third-order valence-corrected chi connectivity index (χ3v) is 7.01. The number of thiazole rings is 1. The van der Waals surface area contributed by atoms with Crippen LogP contribution in [0.1, 0.15) is 41.6 Å². The molecule has 2 heterocycles. The zero-order valence-electron chi connectivity index (χ0n) is 19.0. The summed E-state index contributed by atoms with van der Waals surface area (Å²) in [7, 11) is 1.59. The second-order valence-corrected chi connectivity index (χ2v) is 10.6. The maximum Gasteiger partial charge on any atom is 0.324 e. The fourth-order valence-electron chi connectivity index (χ4n) is 3.16. The maximum absolute atomic E-state index is 13.5. The molecule has 0 spiro atoms. The minimum Gasteiger partial charge on any atom is -0.497 e. The van der Waals surface area contributed by atoms with E-state index in [0.717, 1.165) is 21.6 Å². The van der Waals surface area contributed by atoms with Crippen LogP contribution < -0.4 is 9.75 Å². The van der Waals surface area contributed by atoms with E-state index in [-0.39, 0.29) is 16.3 Å². The Morgan fingerprint density at radius 2 is 1.85 bits per heavy atom. The first-order chi connectivity index (χ1) is 16.2. The van der Waals surface area contributed by atoms with E-state index in [1.54, 1.807) is 31.4 Å². The number of hydrazone groups is 1. The highest BCUT2D eigenvalue weighted by atomic mass is 32.1. The van der Waals surface area contributed by atoms with Crippen molar-refractivity contribution >= 4 is 55.1 Å². The molecule has 0 fully saturated rings. The maximum atomic E-state index is 13.5. The standard InChI is InChI=1S/C24H22N4O4S2/c1-24(2,3)16-7-5-15(6-8-16)22(29)27(25-14-18-10-12-21(33-18)28(30)31)23-26-19-11-9-17(32-4)13-20(19)34-23/h5-14H,1-4H3/b25-14+. The van der Waals surface area contributed by atoms with E-state index >= 15 is 0 Å². The van der Waals surface area contributed by atoms with Gasteiger partial charge in [-0.15, -0.1) is 0 Å². The number of ether oxygens (including phenoxy) is 1. The Bertz CT molecular complexity index is 1380. The summed E-state index contributed by atoms with van der Waals surface area (Å²) in [4.78, 5) is 29.2. The number of anilines is 1. The monoisotopic (exact) mass is 494 g/mol. The normalized spacial score (nSPS) is 11.8. The van der Waals surface area contributed by atoms with Crippen LogP contribution in [0.5, 0.6) is 5.75 Å². The summed E-state index contributed by atoms with van der Waals surface area (Å²) in [6.07, 6.45) is 1.44. The first-order valence-corrected chi connectivity index (χ1v) is 12.0. The van der Waals surface area contributed by atoms with Crippen LogP contribution in [-0.4, -0.2) is 29.1 Å². The van der Waals surface area contributed by atoms with E-state index in [9.17, 15) is 14.9 Å². The first kappa shape index (κ1) is 23.5. The minimum absolute atomic E-state index is 0.00387. The molecule has 8 nitrogen and oxygen atoms in total. The van der Waals surface area contributed by atoms with Gasteiger partial charge in [-0.25, -0.2) is 4.98 Å². The summed E-state index contributed by atoms with van der Waals surface area (Å²) < 4.78 is 6.13. The van der Waals surface area contributed by atoms with Crippen LogP contribution in [0.3, 0.4) is 0 Å². The van der Waals surface area contributed by atoms with Gasteiger partial charge in [-0.05, 0) is 47.4 Å². The molecule has 2 aromatic heterocycles. The van der Waals surface area contributed by atoms with Crippen molar-refractivity contribution in [3.05, 3.63) is 80.7 Å². The third-order valence-electron chi connectivity index (χ3n) is 5.05. The van der Waals surface area contributed by atoms with Crippen LogP contribution in [-0.2, 0) is 5.41 Å². The number of benzene rings is 2. The average molecular weight is 495 g/mol. The van der Waals surface area contributed by atoms with Crippen LogP contribution in [0.4, 0.5) is 10.1 Å². The second-order valence-electron chi connectivity index (χ2n) is 8.45. The lowest BCUT2D eigenvalue weighted by Crippen LogP contribution is -2.25. The Morgan fingerprint density at radius 3 is 2.47 bits per heavy atom. The van der Waals surface area contributed by atoms with Gasteiger partial charge in [-0.1, -0.05) is 55.6 Å². The molecular formula is C24H22N4O4S2. The fraction of sp³-hybridized carbons (Fsp3) is 0.208. The topological polar surface area (TPSA) is 97.9 Å². The molecule has 174 valence electrons. The number of nitro groups is 1. The van der Waals surface area contributed by atoms with Crippen molar-refractivity contribution in [3.8, 4) is 5.75 Å². The number of rotatable bonds is 6. The van der Waals surface area contributed by atoms with Crippen molar-refractivity contribution in [1.29, 1.82) is 0 Å². The van der Waals surface area contributed by atoms with Crippen molar-refractivity contribution in [2.24, 2.45) is 5.10 Å². The molecule has 1 amide bonds. The van der Waals surface area contributed by atoms with Gasteiger partial charge in [-0.3, -0.25) is 14.9 Å². The van der Waals surface area contributed by atoms with Crippen LogP contribution >= 0.6 is 22.7 Å². The number of fused-ring (bicyclic) bond motifs is 1. The Balaban J connectivity index is 1.73. The van der Waals surface area contributed by atoms with E-state index in [1.165, 1.54) is 28.6 Å². The predicted octanol–water partition coefficient (Wildman–Crippen LogP) is 6.25. The Morgan fingerprint density at radius 1 is 1.12 bits per heavy atom. The molecule has 0 saturated carbocycles. The lowest BCUT2D eigenvalue weighted by Gasteiger charge is -2.19. The van der Waals surface area contributed by atoms with Gasteiger partial charge in [-0.2, -0.15) is 10.1 Å². The highest BCUT2D eigenvalue weighted by Gasteiger charge is 2.22. The van der Waals surface area contributed by atoms with Crippen LogP contribution in [0.25, 0.3) is 10.2 Å². The number of aromatic nitrogens is 1. The van der Waals surface area contributed by atoms with Gasteiger partial charge in [0.2, 0.25) is 5.13 Å². The van der Waals surface area contributed by atoms with E-state index in [0.29, 0.717) is 26.8 Å². The van der Waals surface area contributed by atoms with E-state index in [2.05, 4.69) is 30.9 Å². The number of hydrogen-bond donors (Lipinski definition) is 0. The lowest BCUT2D eigenvalue weighted by molar-refractivity contribution is -0.380. The van der Waals surface area contributed by atoms with Gasteiger partial charge >= 0.3 is 5.00 Å². The summed E-state index contributed by atoms with van der Waals surface area (Å²) in [5.74, 6) is 0.335. The second kappa shape index (κ2) is 9.32. The van der Waals surface area contributed by atoms with E-state index in [4.69, 9.17) is 4.74 Å². The Hall–Kier alpha value is -3.63. The Kier molecular flexibility index (Phi) is 6.45. The van der Waals surface area contributed by atoms with Crippen molar-refractivity contribution in [1.82, 2.24) is 4.98 Å². The summed E-state index contributed by atoms with van der Waals surface area (Å²) >= 11 is 2.29. The first-order valence-electron chi connectivity index (χ1n) is 10.3. The predicted molar refractivity (Wildman–Crippen MR) is 137 cm³/mol. The van der Waals surface area contributed by atoms with E-state index in [1.807, 2.05) is 24.3 Å². The zero-order chi connectivity index (χ0) is 24.5. The van der Waals surface area contributed by atoms with Gasteiger partial charge in [0.25, 0.3) is 5.91 Å². The molecule has 4 rings (SSSR count). The highest BCUT2D eigenvalue weighted by molar-refractivity contribution is 7.22. The van der Waals surface area contributed by atoms with Gasteiger partial charge in [0.1, 0.15) is 5.75 Å². The lowest BCUT2D eigenvalue weighted by atomic mass is 9.87. The smallest absolute Gasteiger partial charge is 0.324 e. The molecule has 10 heteroatoms. The van der Waals surface area contributed by atoms with Crippen molar-refractivity contribution in [2.75, 3.05) is 12.1 Å². The largest absolute Gasteiger partial charge is 0.497 e. The van der Waals surface area contributed by atoms with Gasteiger partial charge < -0.3 is 4.74 Å². The van der Waals surface area contributed by atoms with Crippen molar-refractivity contribution in [2.45, 2.75) is 26.2 Å². The Labute approximate surface area is 204 Å². The molecule has 0 bridgehead atoms. The molecule has 2 aromatic carbocycles. The van der Waals surface area contributed by atoms with Gasteiger partial charge in [0.15, 0.2) is 0 Å². The summed E-state index contributed by atoms with van der Waals surface area (Å²) in [6, 6.07) is 15.9. The molecule has 34 heavy (non-hydrogen) atoms. The average Bonchev–Trinajstić information content (AvgIpc) is 3.45. The number of thiophene rings is 1. The van der Waals surface area contributed by atoms with Crippen LogP contribution in [0.2, 0.25) is 0 Å². The molecule has 0 aliphatic carbocycles. The summed E-state index contributed by atoms with van der Waals surface area (Å²) in [5.41, 5.74) is 2.24. The molecule has 0 radical (unpaired) electrons. The highest BCUT2D eigenvalue weighted by Crippen LogP contribution is 2.33. The number of nitrogens with zero attached hydrogens (tertiary/aromatic N) is 4. The molecule has 4 aromatic rings. The fourth-order valence-corrected chi connectivity index (χ4v) is 4.80. The molecule has 0 saturated heterocycles. The quantitative estimate of drug-likeness (QED) is 0.179.